The minimum Gasteiger partial charge on any atom is -0.396 e. The second kappa shape index (κ2) is 9.68. The topological polar surface area (TPSA) is 72.8 Å². The van der Waals surface area contributed by atoms with Crippen molar-refractivity contribution in [3.63, 3.8) is 0 Å². The number of carbonyl (C=O) groups excluding carboxylic acids is 1. The zero-order chi connectivity index (χ0) is 15.7. The van der Waals surface area contributed by atoms with Gasteiger partial charge in [0.2, 0.25) is 5.91 Å². The zero-order valence-electron chi connectivity index (χ0n) is 11.7. The van der Waals surface area contributed by atoms with E-state index in [1.807, 2.05) is 4.90 Å². The summed E-state index contributed by atoms with van der Waals surface area (Å²) in [4.78, 5) is 13.7. The molecule has 118 valence electrons. The summed E-state index contributed by atoms with van der Waals surface area (Å²) in [7, 11) is 0. The van der Waals surface area contributed by atoms with Crippen LogP contribution in [-0.4, -0.2) is 53.9 Å². The average Bonchev–Trinajstić information content (AvgIpc) is 2.45. The van der Waals surface area contributed by atoms with E-state index >= 15 is 0 Å². The summed E-state index contributed by atoms with van der Waals surface area (Å²) < 4.78 is 13.5. The molecule has 0 unspecified atom stereocenters. The number of rotatable bonds is 9. The maximum Gasteiger partial charge on any atom is 0.225 e. The van der Waals surface area contributed by atoms with Crippen LogP contribution in [0.5, 0.6) is 0 Å². The molecule has 5 nitrogen and oxygen atoms in total. The Labute approximate surface area is 128 Å². The summed E-state index contributed by atoms with van der Waals surface area (Å²) in [6.45, 7) is 1.51. The maximum absolute atomic E-state index is 13.5. The van der Waals surface area contributed by atoms with Crippen LogP contribution in [0.25, 0.3) is 0 Å². The Bertz CT molecular complexity index is 460. The molecule has 0 aliphatic heterocycles. The van der Waals surface area contributed by atoms with Crippen molar-refractivity contribution < 1.29 is 19.4 Å². The molecule has 0 radical (unpaired) electrons. The highest BCUT2D eigenvalue weighted by molar-refractivity contribution is 6.30. The number of amides is 1. The van der Waals surface area contributed by atoms with Crippen LogP contribution in [0, 0.1) is 5.82 Å². The Hall–Kier alpha value is -1.21. The first kappa shape index (κ1) is 17.8. The van der Waals surface area contributed by atoms with Gasteiger partial charge in [0.25, 0.3) is 0 Å². The second-order valence-corrected chi connectivity index (χ2v) is 5.00. The molecule has 7 heteroatoms. The third-order valence-electron chi connectivity index (χ3n) is 2.91. The lowest BCUT2D eigenvalue weighted by Crippen LogP contribution is -2.31. The van der Waals surface area contributed by atoms with Crippen LogP contribution >= 0.6 is 11.6 Å². The fourth-order valence-electron chi connectivity index (χ4n) is 1.83. The van der Waals surface area contributed by atoms with Crippen molar-refractivity contribution in [2.75, 3.05) is 38.2 Å². The SMILES string of the molecule is O=C(CCN(CCO)CCCO)Nc1ccc(Cl)cc1F. The van der Waals surface area contributed by atoms with E-state index in [0.29, 0.717) is 26.1 Å². The average molecular weight is 319 g/mol. The molecule has 1 rings (SSSR count). The summed E-state index contributed by atoms with van der Waals surface area (Å²) in [6, 6.07) is 4.04. The highest BCUT2D eigenvalue weighted by Gasteiger charge is 2.10. The highest BCUT2D eigenvalue weighted by atomic mass is 35.5. The first-order chi connectivity index (χ1) is 10.1. The normalized spacial score (nSPS) is 10.9. The quantitative estimate of drug-likeness (QED) is 0.645. The third kappa shape index (κ3) is 6.86. The van der Waals surface area contributed by atoms with Gasteiger partial charge in [-0.2, -0.15) is 0 Å². The van der Waals surface area contributed by atoms with Crippen molar-refractivity contribution in [3.8, 4) is 0 Å². The lowest BCUT2D eigenvalue weighted by molar-refractivity contribution is -0.116. The number of nitrogens with one attached hydrogen (secondary N) is 1. The van der Waals surface area contributed by atoms with Gasteiger partial charge in [-0.05, 0) is 24.6 Å². The Morgan fingerprint density at radius 1 is 1.24 bits per heavy atom. The molecule has 0 aliphatic carbocycles. The van der Waals surface area contributed by atoms with Gasteiger partial charge in [-0.25, -0.2) is 4.39 Å². The van der Waals surface area contributed by atoms with Crippen LogP contribution in [-0.2, 0) is 4.79 Å². The molecule has 0 spiro atoms. The number of nitrogens with zero attached hydrogens (tertiary/aromatic N) is 1. The highest BCUT2D eigenvalue weighted by Crippen LogP contribution is 2.18. The van der Waals surface area contributed by atoms with Crippen molar-refractivity contribution in [3.05, 3.63) is 29.0 Å². The maximum atomic E-state index is 13.5. The summed E-state index contributed by atoms with van der Waals surface area (Å²) in [5.74, 6) is -0.897. The smallest absolute Gasteiger partial charge is 0.225 e. The molecule has 0 aromatic heterocycles. The Balaban J connectivity index is 2.44. The van der Waals surface area contributed by atoms with Crippen molar-refractivity contribution in [2.24, 2.45) is 0 Å². The predicted molar refractivity (Wildman–Crippen MR) is 79.9 cm³/mol. The molecule has 1 aromatic rings. The first-order valence-corrected chi connectivity index (χ1v) is 7.13. The number of carbonyl (C=O) groups is 1. The monoisotopic (exact) mass is 318 g/mol. The number of benzene rings is 1. The van der Waals surface area contributed by atoms with Crippen LogP contribution in [0.3, 0.4) is 0 Å². The van der Waals surface area contributed by atoms with Crippen LogP contribution < -0.4 is 5.32 Å². The fourth-order valence-corrected chi connectivity index (χ4v) is 1.99. The van der Waals surface area contributed by atoms with E-state index in [-0.39, 0.29) is 36.3 Å². The lowest BCUT2D eigenvalue weighted by atomic mass is 10.2. The third-order valence-corrected chi connectivity index (χ3v) is 3.14. The Kier molecular flexibility index (Phi) is 8.22. The number of hydrogen-bond acceptors (Lipinski definition) is 4. The molecule has 0 bridgehead atoms. The molecule has 21 heavy (non-hydrogen) atoms. The minimum atomic E-state index is -0.580. The molecule has 0 atom stereocenters. The summed E-state index contributed by atoms with van der Waals surface area (Å²) in [5.41, 5.74) is 0.0912. The molecule has 0 heterocycles. The molecule has 1 aromatic carbocycles. The van der Waals surface area contributed by atoms with E-state index in [9.17, 15) is 9.18 Å². The van der Waals surface area contributed by atoms with Gasteiger partial charge in [-0.3, -0.25) is 4.79 Å². The van der Waals surface area contributed by atoms with Crippen LogP contribution in [0.4, 0.5) is 10.1 Å². The van der Waals surface area contributed by atoms with Crippen LogP contribution in [0.15, 0.2) is 18.2 Å². The molecule has 0 saturated heterocycles. The predicted octanol–water partition coefficient (Wildman–Crippen LogP) is 1.48. The van der Waals surface area contributed by atoms with E-state index in [1.165, 1.54) is 12.1 Å². The van der Waals surface area contributed by atoms with Gasteiger partial charge in [0, 0.05) is 37.7 Å². The molecule has 1 amide bonds. The number of halogens is 2. The fraction of sp³-hybridized carbons (Fsp3) is 0.500. The number of hydrogen-bond donors (Lipinski definition) is 3. The van der Waals surface area contributed by atoms with Gasteiger partial charge < -0.3 is 20.4 Å². The largest absolute Gasteiger partial charge is 0.396 e. The molecular formula is C14H20ClFN2O3. The van der Waals surface area contributed by atoms with Crippen molar-refractivity contribution in [1.82, 2.24) is 4.90 Å². The first-order valence-electron chi connectivity index (χ1n) is 6.75. The van der Waals surface area contributed by atoms with Crippen molar-refractivity contribution in [1.29, 1.82) is 0 Å². The van der Waals surface area contributed by atoms with Crippen molar-refractivity contribution >= 4 is 23.2 Å². The van der Waals surface area contributed by atoms with Gasteiger partial charge in [0.1, 0.15) is 5.82 Å². The lowest BCUT2D eigenvalue weighted by Gasteiger charge is -2.20. The molecule has 3 N–H and O–H groups in total. The van der Waals surface area contributed by atoms with E-state index in [1.54, 1.807) is 0 Å². The second-order valence-electron chi connectivity index (χ2n) is 4.56. The van der Waals surface area contributed by atoms with E-state index in [4.69, 9.17) is 21.8 Å². The molecule has 0 aliphatic rings. The van der Waals surface area contributed by atoms with E-state index < -0.39 is 5.82 Å². The van der Waals surface area contributed by atoms with Crippen LogP contribution in [0.2, 0.25) is 5.02 Å². The van der Waals surface area contributed by atoms with Crippen molar-refractivity contribution in [2.45, 2.75) is 12.8 Å². The van der Waals surface area contributed by atoms with Gasteiger partial charge in [0.15, 0.2) is 0 Å². The Morgan fingerprint density at radius 3 is 2.62 bits per heavy atom. The molecular weight excluding hydrogens is 299 g/mol. The van der Waals surface area contributed by atoms with Crippen LogP contribution in [0.1, 0.15) is 12.8 Å². The standard InChI is InChI=1S/C14H20ClFN2O3/c15-11-2-3-13(12(16)10-11)17-14(21)4-6-18(7-9-20)5-1-8-19/h2-3,10,19-20H,1,4-9H2,(H,17,21). The van der Waals surface area contributed by atoms with Gasteiger partial charge in [-0.15, -0.1) is 0 Å². The number of anilines is 1. The molecule has 0 fully saturated rings. The van der Waals surface area contributed by atoms with E-state index in [2.05, 4.69) is 5.32 Å². The molecule has 0 saturated carbocycles. The number of aliphatic hydroxyl groups excluding tert-OH is 2. The Morgan fingerprint density at radius 2 is 2.00 bits per heavy atom. The number of aliphatic hydroxyl groups is 2. The van der Waals surface area contributed by atoms with Gasteiger partial charge >= 0.3 is 0 Å². The zero-order valence-corrected chi connectivity index (χ0v) is 12.4. The van der Waals surface area contributed by atoms with Gasteiger partial charge in [-0.1, -0.05) is 11.6 Å². The summed E-state index contributed by atoms with van der Waals surface area (Å²) in [6.07, 6.45) is 0.751. The van der Waals surface area contributed by atoms with Gasteiger partial charge in [0.05, 0.1) is 12.3 Å². The summed E-state index contributed by atoms with van der Waals surface area (Å²) in [5, 5.41) is 20.5. The van der Waals surface area contributed by atoms with E-state index in [0.717, 1.165) is 6.07 Å². The summed E-state index contributed by atoms with van der Waals surface area (Å²) >= 11 is 5.64. The minimum absolute atomic E-state index is 0.0150.